The summed E-state index contributed by atoms with van der Waals surface area (Å²) in [5.74, 6) is 0.212. The van der Waals surface area contributed by atoms with Crippen LogP contribution in [-0.4, -0.2) is 85.6 Å². The van der Waals surface area contributed by atoms with Crippen molar-refractivity contribution in [3.63, 3.8) is 0 Å². The van der Waals surface area contributed by atoms with Gasteiger partial charge in [-0.3, -0.25) is 14.6 Å². The monoisotopic (exact) mass is 532 g/mol. The molecule has 9 nitrogen and oxygen atoms in total. The summed E-state index contributed by atoms with van der Waals surface area (Å²) in [6, 6.07) is 13.9. The molecular formula is C30H36N4O5. The summed E-state index contributed by atoms with van der Waals surface area (Å²) in [5, 5.41) is 3.01. The van der Waals surface area contributed by atoms with Gasteiger partial charge in [-0.05, 0) is 49.2 Å². The SMILES string of the molecule is C=CCN1C(=O)N[C@@H](c2ccccc2C)C(C(=O)OCC)=C1CN1CCN(C(=O)c2ccc(OC)cc2)CC1. The fourth-order valence-electron chi connectivity index (χ4n) is 5.03. The van der Waals surface area contributed by atoms with E-state index in [1.54, 1.807) is 49.3 Å². The van der Waals surface area contributed by atoms with Crippen LogP contribution in [-0.2, 0) is 9.53 Å². The van der Waals surface area contributed by atoms with Gasteiger partial charge in [0.25, 0.3) is 5.91 Å². The molecule has 206 valence electrons. The molecule has 1 saturated heterocycles. The summed E-state index contributed by atoms with van der Waals surface area (Å²) in [6.07, 6.45) is 1.64. The number of benzene rings is 2. The minimum atomic E-state index is -0.633. The first kappa shape index (κ1) is 27.9. The first-order chi connectivity index (χ1) is 18.9. The Hall–Kier alpha value is -4.11. The molecule has 2 aromatic carbocycles. The van der Waals surface area contributed by atoms with Gasteiger partial charge in [-0.15, -0.1) is 6.58 Å². The lowest BCUT2D eigenvalue weighted by Gasteiger charge is -2.40. The van der Waals surface area contributed by atoms with Crippen molar-refractivity contribution in [3.8, 4) is 5.75 Å². The van der Waals surface area contributed by atoms with Crippen molar-refractivity contribution in [3.05, 3.63) is 89.1 Å². The molecule has 39 heavy (non-hydrogen) atoms. The largest absolute Gasteiger partial charge is 0.497 e. The Balaban J connectivity index is 1.60. The maximum absolute atomic E-state index is 13.4. The lowest BCUT2D eigenvalue weighted by molar-refractivity contribution is -0.139. The zero-order chi connectivity index (χ0) is 27.9. The summed E-state index contributed by atoms with van der Waals surface area (Å²) in [6.45, 7) is 10.6. The molecule has 1 N–H and O–H groups in total. The van der Waals surface area contributed by atoms with Crippen LogP contribution in [0.5, 0.6) is 5.75 Å². The number of piperazine rings is 1. The molecule has 1 atom stereocenters. The third kappa shape index (κ3) is 6.15. The number of nitrogens with one attached hydrogen (secondary N) is 1. The molecule has 0 radical (unpaired) electrons. The topological polar surface area (TPSA) is 91.4 Å². The fourth-order valence-corrected chi connectivity index (χ4v) is 5.03. The summed E-state index contributed by atoms with van der Waals surface area (Å²) in [4.78, 5) is 45.3. The third-order valence-electron chi connectivity index (χ3n) is 7.11. The second-order valence-corrected chi connectivity index (χ2v) is 9.52. The molecule has 0 aliphatic carbocycles. The van der Waals surface area contributed by atoms with E-state index in [1.165, 1.54) is 0 Å². The van der Waals surface area contributed by atoms with E-state index in [4.69, 9.17) is 9.47 Å². The molecule has 0 bridgehead atoms. The van der Waals surface area contributed by atoms with Crippen molar-refractivity contribution in [2.24, 2.45) is 0 Å². The standard InChI is InChI=1S/C30H36N4O5/c1-5-15-34-25(20-32-16-18-33(19-17-32)28(35)22-11-13-23(38-4)14-12-22)26(29(36)39-6-2)27(31-30(34)37)24-10-8-7-9-21(24)3/h5,7-14,27H,1,6,15-20H2,2-4H3,(H,31,37)/t27-/m0/s1. The maximum Gasteiger partial charge on any atom is 0.338 e. The van der Waals surface area contributed by atoms with Gasteiger partial charge >= 0.3 is 12.0 Å². The van der Waals surface area contributed by atoms with Crippen molar-refractivity contribution in [1.82, 2.24) is 20.0 Å². The van der Waals surface area contributed by atoms with Crippen LogP contribution in [0.1, 0.15) is 34.5 Å². The highest BCUT2D eigenvalue weighted by Gasteiger charge is 2.39. The number of rotatable bonds is 9. The molecule has 0 spiro atoms. The number of methoxy groups -OCH3 is 1. The van der Waals surface area contributed by atoms with Gasteiger partial charge in [-0.2, -0.15) is 0 Å². The highest BCUT2D eigenvalue weighted by molar-refractivity contribution is 5.96. The molecule has 3 amide bonds. The van der Waals surface area contributed by atoms with Gasteiger partial charge < -0.3 is 19.7 Å². The molecule has 2 heterocycles. The first-order valence-corrected chi connectivity index (χ1v) is 13.2. The number of amides is 3. The van der Waals surface area contributed by atoms with Crippen molar-refractivity contribution in [2.75, 3.05) is 53.0 Å². The van der Waals surface area contributed by atoms with E-state index in [-0.39, 0.29) is 25.1 Å². The predicted octanol–water partition coefficient (Wildman–Crippen LogP) is 3.53. The van der Waals surface area contributed by atoms with E-state index < -0.39 is 12.0 Å². The minimum Gasteiger partial charge on any atom is -0.497 e. The van der Waals surface area contributed by atoms with Gasteiger partial charge in [-0.25, -0.2) is 9.59 Å². The lowest BCUT2D eigenvalue weighted by Crippen LogP contribution is -2.54. The smallest absolute Gasteiger partial charge is 0.338 e. The van der Waals surface area contributed by atoms with Crippen LogP contribution in [0.15, 0.2) is 72.5 Å². The zero-order valence-corrected chi connectivity index (χ0v) is 22.8. The number of esters is 1. The van der Waals surface area contributed by atoms with Crippen molar-refractivity contribution < 1.29 is 23.9 Å². The second kappa shape index (κ2) is 12.6. The van der Waals surface area contributed by atoms with E-state index in [9.17, 15) is 14.4 Å². The number of aryl methyl sites for hydroxylation is 1. The molecule has 9 heteroatoms. The van der Waals surface area contributed by atoms with E-state index in [0.29, 0.717) is 55.3 Å². The predicted molar refractivity (Wildman–Crippen MR) is 148 cm³/mol. The van der Waals surface area contributed by atoms with Crippen LogP contribution in [0.25, 0.3) is 0 Å². The highest BCUT2D eigenvalue weighted by Crippen LogP contribution is 2.33. The van der Waals surface area contributed by atoms with Crippen LogP contribution in [0.2, 0.25) is 0 Å². The Kier molecular flexibility index (Phi) is 9.03. The van der Waals surface area contributed by atoms with Gasteiger partial charge in [0, 0.05) is 50.5 Å². The molecule has 0 aromatic heterocycles. The first-order valence-electron chi connectivity index (χ1n) is 13.2. The number of nitrogens with zero attached hydrogens (tertiary/aromatic N) is 3. The Morgan fingerprint density at radius 1 is 1.08 bits per heavy atom. The van der Waals surface area contributed by atoms with E-state index in [2.05, 4.69) is 16.8 Å². The summed E-state index contributed by atoms with van der Waals surface area (Å²) < 4.78 is 10.7. The fraction of sp³-hybridized carbons (Fsp3) is 0.367. The number of carbonyl (C=O) groups is 3. The normalized spacial score (nSPS) is 18.0. The highest BCUT2D eigenvalue weighted by atomic mass is 16.5. The molecule has 2 aliphatic heterocycles. The van der Waals surface area contributed by atoms with E-state index >= 15 is 0 Å². The van der Waals surface area contributed by atoms with Crippen molar-refractivity contribution >= 4 is 17.9 Å². The number of ether oxygens (including phenoxy) is 2. The molecule has 4 rings (SSSR count). The average Bonchev–Trinajstić information content (AvgIpc) is 2.95. The van der Waals surface area contributed by atoms with Gasteiger partial charge in [-0.1, -0.05) is 30.3 Å². The molecule has 0 saturated carbocycles. The molecular weight excluding hydrogens is 496 g/mol. The Bertz CT molecular complexity index is 1250. The Morgan fingerprint density at radius 3 is 2.38 bits per heavy atom. The summed E-state index contributed by atoms with van der Waals surface area (Å²) >= 11 is 0. The molecule has 2 aliphatic rings. The summed E-state index contributed by atoms with van der Waals surface area (Å²) in [7, 11) is 1.59. The zero-order valence-electron chi connectivity index (χ0n) is 22.8. The number of carbonyl (C=O) groups excluding carboxylic acids is 3. The van der Waals surface area contributed by atoms with Crippen LogP contribution < -0.4 is 10.1 Å². The summed E-state index contributed by atoms with van der Waals surface area (Å²) in [5.41, 5.74) is 3.44. The van der Waals surface area contributed by atoms with Gasteiger partial charge in [0.2, 0.25) is 0 Å². The van der Waals surface area contributed by atoms with E-state index in [0.717, 1.165) is 11.1 Å². The number of hydrogen-bond acceptors (Lipinski definition) is 6. The third-order valence-corrected chi connectivity index (χ3v) is 7.11. The van der Waals surface area contributed by atoms with Crippen LogP contribution in [0.4, 0.5) is 4.79 Å². The maximum atomic E-state index is 13.4. The van der Waals surface area contributed by atoms with Crippen LogP contribution in [0.3, 0.4) is 0 Å². The van der Waals surface area contributed by atoms with E-state index in [1.807, 2.05) is 36.1 Å². The number of hydrogen-bond donors (Lipinski definition) is 1. The van der Waals surface area contributed by atoms with Crippen molar-refractivity contribution in [1.29, 1.82) is 0 Å². The van der Waals surface area contributed by atoms with Gasteiger partial charge in [0.05, 0.1) is 25.3 Å². The quantitative estimate of drug-likeness (QED) is 0.393. The van der Waals surface area contributed by atoms with Crippen LogP contribution in [0, 0.1) is 6.92 Å². The molecule has 1 fully saturated rings. The lowest BCUT2D eigenvalue weighted by atomic mass is 9.91. The molecule has 2 aromatic rings. The van der Waals surface area contributed by atoms with Gasteiger partial charge in [0.1, 0.15) is 5.75 Å². The van der Waals surface area contributed by atoms with Crippen molar-refractivity contribution in [2.45, 2.75) is 19.9 Å². The average molecular weight is 533 g/mol. The Morgan fingerprint density at radius 2 is 1.77 bits per heavy atom. The minimum absolute atomic E-state index is 0.0336. The van der Waals surface area contributed by atoms with Gasteiger partial charge in [0.15, 0.2) is 0 Å². The number of urea groups is 1. The van der Waals surface area contributed by atoms with Crippen LogP contribution >= 0.6 is 0 Å². The Labute approximate surface area is 229 Å². The second-order valence-electron chi connectivity index (χ2n) is 9.52. The molecule has 0 unspecified atom stereocenters.